The molecule has 5 heteroatoms. The SMILES string of the molecule is CCCN(CC)CC(=O)Nc1cc(Cl)c(C)c(Cl)c1. The number of carbonyl (C=O) groups is 1. The lowest BCUT2D eigenvalue weighted by atomic mass is 10.2. The molecule has 0 unspecified atom stereocenters. The third-order valence-electron chi connectivity index (χ3n) is 2.92. The number of amides is 1. The Morgan fingerprint density at radius 1 is 1.26 bits per heavy atom. The fourth-order valence-corrected chi connectivity index (χ4v) is 2.27. The second kappa shape index (κ2) is 7.73. The summed E-state index contributed by atoms with van der Waals surface area (Å²) < 4.78 is 0. The summed E-state index contributed by atoms with van der Waals surface area (Å²) in [4.78, 5) is 14.0. The van der Waals surface area contributed by atoms with Crippen LogP contribution in [0.3, 0.4) is 0 Å². The first-order chi connectivity index (χ1) is 8.97. The van der Waals surface area contributed by atoms with Crippen LogP contribution in [0.25, 0.3) is 0 Å². The lowest BCUT2D eigenvalue weighted by Crippen LogP contribution is -2.33. The van der Waals surface area contributed by atoms with Gasteiger partial charge in [-0.15, -0.1) is 0 Å². The molecule has 1 aromatic rings. The van der Waals surface area contributed by atoms with Crippen LogP contribution in [0.5, 0.6) is 0 Å². The summed E-state index contributed by atoms with van der Waals surface area (Å²) in [7, 11) is 0. The number of anilines is 1. The maximum absolute atomic E-state index is 11.9. The van der Waals surface area contributed by atoms with E-state index >= 15 is 0 Å². The van der Waals surface area contributed by atoms with Gasteiger partial charge in [0, 0.05) is 15.7 Å². The predicted octanol–water partition coefficient (Wildman–Crippen LogP) is 3.97. The van der Waals surface area contributed by atoms with E-state index in [0.29, 0.717) is 22.3 Å². The molecule has 1 amide bonds. The van der Waals surface area contributed by atoms with Gasteiger partial charge in [-0.1, -0.05) is 37.0 Å². The first kappa shape index (κ1) is 16.3. The minimum atomic E-state index is -0.0497. The van der Waals surface area contributed by atoms with E-state index in [1.165, 1.54) is 0 Å². The molecule has 1 rings (SSSR count). The van der Waals surface area contributed by atoms with Gasteiger partial charge in [-0.05, 0) is 44.1 Å². The molecule has 0 aromatic heterocycles. The van der Waals surface area contributed by atoms with Gasteiger partial charge < -0.3 is 5.32 Å². The molecule has 0 spiro atoms. The predicted molar refractivity (Wildman–Crippen MR) is 82.2 cm³/mol. The van der Waals surface area contributed by atoms with Crippen LogP contribution >= 0.6 is 23.2 Å². The van der Waals surface area contributed by atoms with Crippen molar-refractivity contribution in [3.63, 3.8) is 0 Å². The van der Waals surface area contributed by atoms with Crippen LogP contribution in [-0.2, 0) is 4.79 Å². The number of hydrogen-bond acceptors (Lipinski definition) is 2. The molecule has 0 bridgehead atoms. The number of likely N-dealkylation sites (N-methyl/N-ethyl adjacent to an activating group) is 1. The molecule has 1 N–H and O–H groups in total. The van der Waals surface area contributed by atoms with Crippen LogP contribution in [-0.4, -0.2) is 30.4 Å². The van der Waals surface area contributed by atoms with Crippen LogP contribution in [0, 0.1) is 6.92 Å². The van der Waals surface area contributed by atoms with Gasteiger partial charge in [0.15, 0.2) is 0 Å². The molecule has 3 nitrogen and oxygen atoms in total. The van der Waals surface area contributed by atoms with Crippen molar-refractivity contribution >= 4 is 34.8 Å². The minimum Gasteiger partial charge on any atom is -0.325 e. The fraction of sp³-hybridized carbons (Fsp3) is 0.500. The highest BCUT2D eigenvalue weighted by Crippen LogP contribution is 2.28. The Balaban J connectivity index is 2.66. The Morgan fingerprint density at radius 3 is 2.32 bits per heavy atom. The van der Waals surface area contributed by atoms with Gasteiger partial charge in [0.1, 0.15) is 0 Å². The van der Waals surface area contributed by atoms with E-state index in [1.807, 2.05) is 13.8 Å². The second-order valence-corrected chi connectivity index (χ2v) is 5.30. The highest BCUT2D eigenvalue weighted by atomic mass is 35.5. The average Bonchev–Trinajstić information content (AvgIpc) is 2.35. The molecule has 0 heterocycles. The first-order valence-electron chi connectivity index (χ1n) is 6.45. The van der Waals surface area contributed by atoms with E-state index in [1.54, 1.807) is 12.1 Å². The van der Waals surface area contributed by atoms with Gasteiger partial charge in [-0.2, -0.15) is 0 Å². The smallest absolute Gasteiger partial charge is 0.238 e. The Bertz CT molecular complexity index is 426. The number of halogens is 2. The zero-order valence-electron chi connectivity index (χ0n) is 11.6. The van der Waals surface area contributed by atoms with E-state index in [4.69, 9.17) is 23.2 Å². The largest absolute Gasteiger partial charge is 0.325 e. The maximum atomic E-state index is 11.9. The number of nitrogens with zero attached hydrogens (tertiary/aromatic N) is 1. The van der Waals surface area contributed by atoms with Gasteiger partial charge in [-0.3, -0.25) is 9.69 Å². The standard InChI is InChI=1S/C14H20Cl2N2O/c1-4-6-18(5-2)9-14(19)17-11-7-12(15)10(3)13(16)8-11/h7-8H,4-6,9H2,1-3H3,(H,17,19). The maximum Gasteiger partial charge on any atom is 0.238 e. The van der Waals surface area contributed by atoms with Crippen molar-refractivity contribution in [2.45, 2.75) is 27.2 Å². The summed E-state index contributed by atoms with van der Waals surface area (Å²) in [6, 6.07) is 3.44. The van der Waals surface area contributed by atoms with Gasteiger partial charge in [0.25, 0.3) is 0 Å². The summed E-state index contributed by atoms with van der Waals surface area (Å²) in [6.07, 6.45) is 1.03. The average molecular weight is 303 g/mol. The van der Waals surface area contributed by atoms with E-state index in [-0.39, 0.29) is 5.91 Å². The highest BCUT2D eigenvalue weighted by molar-refractivity contribution is 6.36. The zero-order chi connectivity index (χ0) is 14.4. The molecule has 0 atom stereocenters. The van der Waals surface area contributed by atoms with Crippen molar-refractivity contribution < 1.29 is 4.79 Å². The van der Waals surface area contributed by atoms with Gasteiger partial charge in [0.05, 0.1) is 6.54 Å². The van der Waals surface area contributed by atoms with Crippen LogP contribution in [0.4, 0.5) is 5.69 Å². The van der Waals surface area contributed by atoms with E-state index < -0.39 is 0 Å². The Labute approximate surface area is 124 Å². The van der Waals surface area contributed by atoms with Crippen molar-refractivity contribution in [2.24, 2.45) is 0 Å². The molecule has 0 saturated carbocycles. The Morgan fingerprint density at radius 2 is 1.84 bits per heavy atom. The normalized spacial score (nSPS) is 10.8. The zero-order valence-corrected chi connectivity index (χ0v) is 13.1. The monoisotopic (exact) mass is 302 g/mol. The van der Waals surface area contributed by atoms with E-state index in [2.05, 4.69) is 17.1 Å². The van der Waals surface area contributed by atoms with Crippen LogP contribution in [0.2, 0.25) is 10.0 Å². The van der Waals surface area contributed by atoms with E-state index in [9.17, 15) is 4.79 Å². The molecule has 0 radical (unpaired) electrons. The molecule has 0 aliphatic rings. The molecule has 0 fully saturated rings. The molecular formula is C14H20Cl2N2O. The molecular weight excluding hydrogens is 283 g/mol. The lowest BCUT2D eigenvalue weighted by Gasteiger charge is -2.19. The minimum absolute atomic E-state index is 0.0497. The topological polar surface area (TPSA) is 32.3 Å². The number of benzene rings is 1. The van der Waals surface area contributed by atoms with Crippen molar-refractivity contribution in [3.05, 3.63) is 27.7 Å². The number of hydrogen-bond donors (Lipinski definition) is 1. The Kier molecular flexibility index (Phi) is 6.63. The fourth-order valence-electron chi connectivity index (χ4n) is 1.79. The highest BCUT2D eigenvalue weighted by Gasteiger charge is 2.10. The first-order valence-corrected chi connectivity index (χ1v) is 7.21. The molecule has 0 aliphatic heterocycles. The van der Waals surface area contributed by atoms with Crippen molar-refractivity contribution in [2.75, 3.05) is 25.0 Å². The van der Waals surface area contributed by atoms with Gasteiger partial charge >= 0.3 is 0 Å². The Hall–Kier alpha value is -0.770. The molecule has 0 aliphatic carbocycles. The van der Waals surface area contributed by atoms with Crippen molar-refractivity contribution in [3.8, 4) is 0 Å². The molecule has 0 saturated heterocycles. The third kappa shape index (κ3) is 5.01. The number of nitrogens with one attached hydrogen (secondary N) is 1. The summed E-state index contributed by atoms with van der Waals surface area (Å²) in [5, 5.41) is 3.94. The van der Waals surface area contributed by atoms with Crippen LogP contribution < -0.4 is 5.32 Å². The summed E-state index contributed by atoms with van der Waals surface area (Å²) in [5.41, 5.74) is 1.46. The number of rotatable bonds is 6. The molecule has 19 heavy (non-hydrogen) atoms. The summed E-state index contributed by atoms with van der Waals surface area (Å²) in [6.45, 7) is 8.14. The molecule has 106 valence electrons. The van der Waals surface area contributed by atoms with Gasteiger partial charge in [0.2, 0.25) is 5.91 Å². The number of carbonyl (C=O) groups excluding carboxylic acids is 1. The third-order valence-corrected chi connectivity index (χ3v) is 3.70. The summed E-state index contributed by atoms with van der Waals surface area (Å²) >= 11 is 12.1. The van der Waals surface area contributed by atoms with E-state index in [0.717, 1.165) is 25.1 Å². The lowest BCUT2D eigenvalue weighted by molar-refractivity contribution is -0.117. The second-order valence-electron chi connectivity index (χ2n) is 4.48. The van der Waals surface area contributed by atoms with Gasteiger partial charge in [-0.25, -0.2) is 0 Å². The van der Waals surface area contributed by atoms with Crippen molar-refractivity contribution in [1.29, 1.82) is 0 Å². The summed E-state index contributed by atoms with van der Waals surface area (Å²) in [5.74, 6) is -0.0497. The molecule has 1 aromatic carbocycles. The van der Waals surface area contributed by atoms with Crippen LogP contribution in [0.15, 0.2) is 12.1 Å². The van der Waals surface area contributed by atoms with Crippen molar-refractivity contribution in [1.82, 2.24) is 4.90 Å². The quantitative estimate of drug-likeness (QED) is 0.862. The van der Waals surface area contributed by atoms with Crippen LogP contribution in [0.1, 0.15) is 25.8 Å².